The van der Waals surface area contributed by atoms with Crippen LogP contribution in [-0.4, -0.2) is 16.4 Å². The molecule has 7 aromatic carbocycles. The molecule has 9 rings (SSSR count). The normalized spacial score (nSPS) is 12.3. The lowest BCUT2D eigenvalue weighted by Crippen LogP contribution is -2.29. The summed E-state index contributed by atoms with van der Waals surface area (Å²) in [5, 5.41) is 11.4. The SMILES string of the molecule is [C-]#[N+]c1ccc(-c2ccc3c(c2)c2cc(-c4ccc(C#N)cc4C)ccc2n3-c2cccc3c2C(=O)N(c2ccc(-c4ccccc4)cc2)C3=O)c(C)c1. The number of hydrogen-bond donors (Lipinski definition) is 0. The third-order valence-electron chi connectivity index (χ3n) is 10.4. The van der Waals surface area contributed by atoms with E-state index in [4.69, 9.17) is 6.57 Å². The van der Waals surface area contributed by atoms with Crippen LogP contribution in [0.3, 0.4) is 0 Å². The molecule has 0 atom stereocenters. The quantitative estimate of drug-likeness (QED) is 0.133. The highest BCUT2D eigenvalue weighted by Crippen LogP contribution is 2.41. The number of carbonyl (C=O) groups is 2. The number of amides is 2. The second-order valence-electron chi connectivity index (χ2n) is 13.6. The summed E-state index contributed by atoms with van der Waals surface area (Å²) in [7, 11) is 0. The average Bonchev–Trinajstić information content (AvgIpc) is 3.67. The van der Waals surface area contributed by atoms with Gasteiger partial charge in [-0.05, 0) is 113 Å². The van der Waals surface area contributed by atoms with Gasteiger partial charge in [0.05, 0.1) is 51.7 Å². The number of nitriles is 1. The highest BCUT2D eigenvalue weighted by Gasteiger charge is 2.39. The van der Waals surface area contributed by atoms with E-state index in [1.165, 1.54) is 4.90 Å². The topological polar surface area (TPSA) is 70.5 Å². The molecule has 0 bridgehead atoms. The minimum absolute atomic E-state index is 0.357. The molecule has 1 aliphatic heterocycles. The molecule has 0 saturated heterocycles. The van der Waals surface area contributed by atoms with Gasteiger partial charge >= 0.3 is 0 Å². The summed E-state index contributed by atoms with van der Waals surface area (Å²) in [4.78, 5) is 33.4. The van der Waals surface area contributed by atoms with Gasteiger partial charge in [-0.2, -0.15) is 5.26 Å². The monoisotopic (exact) mass is 694 g/mol. The average molecular weight is 695 g/mol. The number of aryl methyl sites for hydroxylation is 2. The zero-order valence-corrected chi connectivity index (χ0v) is 29.5. The standard InChI is InChI=1S/C48H30N4O2/c1-29-24-31(28-49)12-20-38(29)34-15-22-43-41(26-34)42-27-35(39-21-17-36(50-3)25-30(39)2)16-23-44(42)52(43)45-11-7-10-40-46(45)48(54)51(47(40)53)37-18-13-33(14-19-37)32-8-5-4-6-9-32/h4-27H,1-2H3. The van der Waals surface area contributed by atoms with Crippen LogP contribution in [0.2, 0.25) is 0 Å². The first-order chi connectivity index (χ1) is 26.3. The molecule has 0 radical (unpaired) electrons. The molecule has 0 unspecified atom stereocenters. The fourth-order valence-corrected chi connectivity index (χ4v) is 7.84. The summed E-state index contributed by atoms with van der Waals surface area (Å²) >= 11 is 0. The maximum atomic E-state index is 14.5. The van der Waals surface area contributed by atoms with Gasteiger partial charge in [-0.1, -0.05) is 90.5 Å². The van der Waals surface area contributed by atoms with Crippen molar-refractivity contribution in [2.24, 2.45) is 0 Å². The highest BCUT2D eigenvalue weighted by atomic mass is 16.2. The molecule has 0 fully saturated rings. The van der Waals surface area contributed by atoms with Crippen molar-refractivity contribution in [2.75, 3.05) is 4.90 Å². The summed E-state index contributed by atoms with van der Waals surface area (Å²) in [6.07, 6.45) is 0. The number of anilines is 1. The summed E-state index contributed by atoms with van der Waals surface area (Å²) in [5.74, 6) is -0.727. The summed E-state index contributed by atoms with van der Waals surface area (Å²) < 4.78 is 2.09. The molecule has 1 aliphatic rings. The van der Waals surface area contributed by atoms with Crippen LogP contribution in [0.15, 0.2) is 146 Å². The van der Waals surface area contributed by atoms with Crippen LogP contribution >= 0.6 is 0 Å². The van der Waals surface area contributed by atoms with E-state index in [1.54, 1.807) is 6.07 Å². The number of benzene rings is 7. The van der Waals surface area contributed by atoms with Crippen LogP contribution in [0.5, 0.6) is 0 Å². The lowest BCUT2D eigenvalue weighted by atomic mass is 9.96. The third-order valence-corrected chi connectivity index (χ3v) is 10.4. The maximum Gasteiger partial charge on any atom is 0.268 e. The van der Waals surface area contributed by atoms with Gasteiger partial charge in [-0.25, -0.2) is 9.74 Å². The number of nitrogens with zero attached hydrogens (tertiary/aromatic N) is 4. The number of hydrogen-bond acceptors (Lipinski definition) is 3. The fourth-order valence-electron chi connectivity index (χ4n) is 7.84. The second kappa shape index (κ2) is 12.6. The van der Waals surface area contributed by atoms with Gasteiger partial charge in [-0.15, -0.1) is 0 Å². The first-order valence-corrected chi connectivity index (χ1v) is 17.6. The number of fused-ring (bicyclic) bond motifs is 4. The zero-order chi connectivity index (χ0) is 37.1. The number of imide groups is 1. The van der Waals surface area contributed by atoms with E-state index in [2.05, 4.69) is 51.9 Å². The molecule has 2 heterocycles. The van der Waals surface area contributed by atoms with Crippen molar-refractivity contribution in [2.45, 2.75) is 13.8 Å². The summed E-state index contributed by atoms with van der Waals surface area (Å²) in [6.45, 7) is 11.5. The Morgan fingerprint density at radius 3 is 1.80 bits per heavy atom. The van der Waals surface area contributed by atoms with Crippen molar-refractivity contribution in [1.82, 2.24) is 4.57 Å². The Morgan fingerprint density at radius 1 is 0.574 bits per heavy atom. The predicted molar refractivity (Wildman–Crippen MR) is 215 cm³/mol. The molecule has 0 spiro atoms. The van der Waals surface area contributed by atoms with Crippen molar-refractivity contribution in [1.29, 1.82) is 5.26 Å². The van der Waals surface area contributed by atoms with E-state index < -0.39 is 0 Å². The molecule has 254 valence electrons. The molecular formula is C48H30N4O2. The Kier molecular flexibility index (Phi) is 7.55. The Labute approximate surface area is 312 Å². The van der Waals surface area contributed by atoms with E-state index in [1.807, 2.05) is 117 Å². The van der Waals surface area contributed by atoms with Crippen LogP contribution < -0.4 is 4.90 Å². The van der Waals surface area contributed by atoms with E-state index in [0.717, 1.165) is 66.3 Å². The Balaban J connectivity index is 1.23. The Bertz CT molecular complexity index is 2840. The minimum Gasteiger partial charge on any atom is -0.308 e. The van der Waals surface area contributed by atoms with Gasteiger partial charge in [0.15, 0.2) is 5.69 Å². The van der Waals surface area contributed by atoms with Crippen molar-refractivity contribution in [3.63, 3.8) is 0 Å². The second-order valence-corrected chi connectivity index (χ2v) is 13.6. The third kappa shape index (κ3) is 5.09. The van der Waals surface area contributed by atoms with Crippen LogP contribution in [0.1, 0.15) is 37.4 Å². The molecular weight excluding hydrogens is 665 g/mol. The van der Waals surface area contributed by atoms with E-state index in [-0.39, 0.29) is 11.8 Å². The van der Waals surface area contributed by atoms with Gasteiger partial charge in [0.1, 0.15) is 0 Å². The summed E-state index contributed by atoms with van der Waals surface area (Å²) in [5.41, 5.74) is 12.9. The smallest absolute Gasteiger partial charge is 0.268 e. The van der Waals surface area contributed by atoms with Gasteiger partial charge < -0.3 is 4.57 Å². The largest absolute Gasteiger partial charge is 0.308 e. The molecule has 2 amide bonds. The zero-order valence-electron chi connectivity index (χ0n) is 29.5. The lowest BCUT2D eigenvalue weighted by Gasteiger charge is -2.15. The Hall–Kier alpha value is -7.54. The first kappa shape index (κ1) is 32.4. The minimum atomic E-state index is -0.370. The number of rotatable bonds is 5. The fraction of sp³-hybridized carbons (Fsp3) is 0.0417. The van der Waals surface area contributed by atoms with E-state index >= 15 is 0 Å². The van der Waals surface area contributed by atoms with Crippen LogP contribution in [0.25, 0.3) is 65.7 Å². The van der Waals surface area contributed by atoms with Gasteiger partial charge in [0, 0.05) is 10.8 Å². The number of aromatic nitrogens is 1. The van der Waals surface area contributed by atoms with E-state index in [9.17, 15) is 14.9 Å². The summed E-state index contributed by atoms with van der Waals surface area (Å²) in [6, 6.07) is 49.3. The van der Waals surface area contributed by atoms with Crippen LogP contribution in [0.4, 0.5) is 11.4 Å². The van der Waals surface area contributed by atoms with Gasteiger partial charge in [0.2, 0.25) is 0 Å². The van der Waals surface area contributed by atoms with Crippen molar-refractivity contribution < 1.29 is 9.59 Å². The molecule has 0 N–H and O–H groups in total. The molecule has 0 aliphatic carbocycles. The first-order valence-electron chi connectivity index (χ1n) is 17.6. The molecule has 6 heteroatoms. The van der Waals surface area contributed by atoms with E-state index in [0.29, 0.717) is 33.8 Å². The molecule has 6 nitrogen and oxygen atoms in total. The van der Waals surface area contributed by atoms with Gasteiger partial charge in [-0.3, -0.25) is 9.59 Å². The Morgan fingerprint density at radius 2 is 1.19 bits per heavy atom. The van der Waals surface area contributed by atoms with Crippen molar-refractivity contribution in [3.8, 4) is 45.1 Å². The molecule has 8 aromatic rings. The predicted octanol–water partition coefficient (Wildman–Crippen LogP) is 11.6. The highest BCUT2D eigenvalue weighted by molar-refractivity contribution is 6.35. The molecule has 0 saturated carbocycles. The van der Waals surface area contributed by atoms with Crippen molar-refractivity contribution in [3.05, 3.63) is 185 Å². The number of carbonyl (C=O) groups excluding carboxylic acids is 2. The van der Waals surface area contributed by atoms with Crippen LogP contribution in [0, 0.1) is 31.8 Å². The van der Waals surface area contributed by atoms with Crippen LogP contribution in [-0.2, 0) is 0 Å². The molecule has 54 heavy (non-hydrogen) atoms. The molecule has 1 aromatic heterocycles. The van der Waals surface area contributed by atoms with Crippen molar-refractivity contribution >= 4 is 45.0 Å². The maximum absolute atomic E-state index is 14.5. The van der Waals surface area contributed by atoms with Gasteiger partial charge in [0.25, 0.3) is 11.8 Å². The lowest BCUT2D eigenvalue weighted by molar-refractivity contribution is 0.0926.